The molecule has 3 nitrogen and oxygen atoms in total. The van der Waals surface area contributed by atoms with Crippen molar-refractivity contribution < 1.29 is 4.42 Å². The van der Waals surface area contributed by atoms with Gasteiger partial charge in [0.2, 0.25) is 0 Å². The fourth-order valence-corrected chi connectivity index (χ4v) is 2.20. The number of aromatic nitrogens is 1. The normalized spacial score (nSPS) is 11.8. The lowest BCUT2D eigenvalue weighted by Crippen LogP contribution is -2.35. The Morgan fingerprint density at radius 2 is 2.11 bits per heavy atom. The highest BCUT2D eigenvalue weighted by atomic mass is 79.9. The van der Waals surface area contributed by atoms with Crippen LogP contribution in [-0.4, -0.2) is 10.5 Å². The zero-order valence-electron chi connectivity index (χ0n) is 11.1. The molecule has 0 saturated heterocycles. The van der Waals surface area contributed by atoms with Gasteiger partial charge in [-0.3, -0.25) is 0 Å². The van der Waals surface area contributed by atoms with E-state index in [2.05, 4.69) is 47.0 Å². The largest absolute Gasteiger partial charge is 0.443 e. The van der Waals surface area contributed by atoms with Crippen LogP contribution in [0.3, 0.4) is 0 Å². The molecule has 1 heterocycles. The number of oxazole rings is 1. The SMILES string of the molecule is CC(C)(C)NCc1ncoc1-c1cc(Br)ccc1Cl. The Balaban J connectivity index is 2.31. The smallest absolute Gasteiger partial charge is 0.181 e. The minimum atomic E-state index is 0.0251. The quantitative estimate of drug-likeness (QED) is 0.882. The predicted molar refractivity (Wildman–Crippen MR) is 81.2 cm³/mol. The van der Waals surface area contributed by atoms with Gasteiger partial charge in [-0.25, -0.2) is 4.98 Å². The van der Waals surface area contributed by atoms with Gasteiger partial charge in [0.1, 0.15) is 5.69 Å². The molecule has 0 aliphatic heterocycles. The van der Waals surface area contributed by atoms with Crippen LogP contribution in [0.2, 0.25) is 5.02 Å². The molecule has 0 aliphatic rings. The third-order valence-electron chi connectivity index (χ3n) is 2.60. The molecular formula is C14H16BrClN2O. The number of benzene rings is 1. The highest BCUT2D eigenvalue weighted by Gasteiger charge is 2.16. The Morgan fingerprint density at radius 3 is 2.79 bits per heavy atom. The van der Waals surface area contributed by atoms with Crippen molar-refractivity contribution >= 4 is 27.5 Å². The van der Waals surface area contributed by atoms with Gasteiger partial charge in [0.25, 0.3) is 0 Å². The van der Waals surface area contributed by atoms with Crippen LogP contribution in [0.5, 0.6) is 0 Å². The third kappa shape index (κ3) is 3.81. The van der Waals surface area contributed by atoms with Gasteiger partial charge in [-0.2, -0.15) is 0 Å². The van der Waals surface area contributed by atoms with Crippen molar-refractivity contribution in [1.82, 2.24) is 10.3 Å². The van der Waals surface area contributed by atoms with E-state index >= 15 is 0 Å². The maximum atomic E-state index is 6.22. The summed E-state index contributed by atoms with van der Waals surface area (Å²) in [6.07, 6.45) is 1.45. The third-order valence-corrected chi connectivity index (χ3v) is 3.42. The molecule has 0 radical (unpaired) electrons. The molecule has 0 aliphatic carbocycles. The summed E-state index contributed by atoms with van der Waals surface area (Å²) in [7, 11) is 0. The molecule has 2 rings (SSSR count). The first kappa shape index (κ1) is 14.6. The van der Waals surface area contributed by atoms with Crippen molar-refractivity contribution in [2.24, 2.45) is 0 Å². The van der Waals surface area contributed by atoms with E-state index in [1.165, 1.54) is 6.39 Å². The lowest BCUT2D eigenvalue weighted by Gasteiger charge is -2.19. The monoisotopic (exact) mass is 342 g/mol. The molecule has 1 aromatic carbocycles. The standard InChI is InChI=1S/C14H16BrClN2O/c1-14(2,3)18-7-12-13(19-8-17-12)10-6-9(15)4-5-11(10)16/h4-6,8,18H,7H2,1-3H3. The first-order chi connectivity index (χ1) is 8.87. The Morgan fingerprint density at radius 1 is 1.37 bits per heavy atom. The minimum absolute atomic E-state index is 0.0251. The van der Waals surface area contributed by atoms with Gasteiger partial charge in [0, 0.05) is 22.1 Å². The maximum absolute atomic E-state index is 6.22. The molecule has 19 heavy (non-hydrogen) atoms. The molecule has 5 heteroatoms. The van der Waals surface area contributed by atoms with Gasteiger partial charge in [-0.1, -0.05) is 27.5 Å². The topological polar surface area (TPSA) is 38.1 Å². The van der Waals surface area contributed by atoms with Crippen LogP contribution in [0.1, 0.15) is 26.5 Å². The van der Waals surface area contributed by atoms with E-state index in [1.807, 2.05) is 18.2 Å². The summed E-state index contributed by atoms with van der Waals surface area (Å²) >= 11 is 9.66. The van der Waals surface area contributed by atoms with Gasteiger partial charge in [0.05, 0.1) is 5.02 Å². The summed E-state index contributed by atoms with van der Waals surface area (Å²) in [4.78, 5) is 4.26. The van der Waals surface area contributed by atoms with E-state index in [0.717, 1.165) is 15.7 Å². The Hall–Kier alpha value is -0.840. The Kier molecular flexibility index (Phi) is 4.33. The van der Waals surface area contributed by atoms with Crippen LogP contribution < -0.4 is 5.32 Å². The van der Waals surface area contributed by atoms with E-state index in [9.17, 15) is 0 Å². The van der Waals surface area contributed by atoms with Crippen LogP contribution in [0, 0.1) is 0 Å². The zero-order valence-corrected chi connectivity index (χ0v) is 13.5. The zero-order chi connectivity index (χ0) is 14.0. The lowest BCUT2D eigenvalue weighted by molar-refractivity contribution is 0.421. The minimum Gasteiger partial charge on any atom is -0.443 e. The number of nitrogens with one attached hydrogen (secondary N) is 1. The highest BCUT2D eigenvalue weighted by Crippen LogP contribution is 2.32. The van der Waals surface area contributed by atoms with Crippen LogP contribution >= 0.6 is 27.5 Å². The summed E-state index contributed by atoms with van der Waals surface area (Å²) in [6, 6.07) is 5.67. The van der Waals surface area contributed by atoms with Crippen LogP contribution in [-0.2, 0) is 6.54 Å². The second kappa shape index (κ2) is 5.65. The fourth-order valence-electron chi connectivity index (χ4n) is 1.63. The fraction of sp³-hybridized carbons (Fsp3) is 0.357. The molecule has 1 aromatic heterocycles. The van der Waals surface area contributed by atoms with Gasteiger partial charge in [0.15, 0.2) is 12.2 Å². The van der Waals surface area contributed by atoms with Crippen molar-refractivity contribution in [3.05, 3.63) is 39.8 Å². The van der Waals surface area contributed by atoms with Gasteiger partial charge in [-0.05, 0) is 39.0 Å². The summed E-state index contributed by atoms with van der Waals surface area (Å²) < 4.78 is 6.45. The number of halogens is 2. The van der Waals surface area contributed by atoms with Crippen LogP contribution in [0.25, 0.3) is 11.3 Å². The lowest BCUT2D eigenvalue weighted by atomic mass is 10.1. The number of rotatable bonds is 3. The first-order valence-electron chi connectivity index (χ1n) is 5.99. The second-order valence-corrected chi connectivity index (χ2v) is 6.68. The van der Waals surface area contributed by atoms with Crippen molar-refractivity contribution in [2.45, 2.75) is 32.9 Å². The summed E-state index contributed by atoms with van der Waals surface area (Å²) in [6.45, 7) is 6.97. The molecule has 0 bridgehead atoms. The van der Waals surface area contributed by atoms with Crippen molar-refractivity contribution in [1.29, 1.82) is 0 Å². The summed E-state index contributed by atoms with van der Waals surface area (Å²) in [5, 5.41) is 4.04. The molecular weight excluding hydrogens is 328 g/mol. The molecule has 0 saturated carbocycles. The van der Waals surface area contributed by atoms with E-state index in [4.69, 9.17) is 16.0 Å². The van der Waals surface area contributed by atoms with Crippen molar-refractivity contribution in [3.63, 3.8) is 0 Å². The average molecular weight is 344 g/mol. The number of nitrogens with zero attached hydrogens (tertiary/aromatic N) is 1. The van der Waals surface area contributed by atoms with Crippen LogP contribution in [0.4, 0.5) is 0 Å². The first-order valence-corrected chi connectivity index (χ1v) is 7.17. The van der Waals surface area contributed by atoms with E-state index in [-0.39, 0.29) is 5.54 Å². The molecule has 102 valence electrons. The average Bonchev–Trinajstić information content (AvgIpc) is 2.77. The highest BCUT2D eigenvalue weighted by molar-refractivity contribution is 9.10. The van der Waals surface area contributed by atoms with Crippen molar-refractivity contribution in [3.8, 4) is 11.3 Å². The molecule has 2 aromatic rings. The molecule has 0 fully saturated rings. The predicted octanol–water partition coefficient (Wildman–Crippen LogP) is 4.65. The van der Waals surface area contributed by atoms with Gasteiger partial charge >= 0.3 is 0 Å². The van der Waals surface area contributed by atoms with Gasteiger partial charge in [-0.15, -0.1) is 0 Å². The van der Waals surface area contributed by atoms with Crippen molar-refractivity contribution in [2.75, 3.05) is 0 Å². The van der Waals surface area contributed by atoms with E-state index in [1.54, 1.807) is 0 Å². The van der Waals surface area contributed by atoms with E-state index < -0.39 is 0 Å². The molecule has 0 atom stereocenters. The summed E-state index contributed by atoms with van der Waals surface area (Å²) in [5.74, 6) is 0.711. The molecule has 0 unspecified atom stereocenters. The number of hydrogen-bond acceptors (Lipinski definition) is 3. The Labute approximate surface area is 126 Å². The maximum Gasteiger partial charge on any atom is 0.181 e. The Bertz CT molecular complexity index is 575. The molecule has 0 spiro atoms. The second-order valence-electron chi connectivity index (χ2n) is 5.36. The molecule has 0 amide bonds. The van der Waals surface area contributed by atoms with Crippen LogP contribution in [0.15, 0.2) is 33.5 Å². The van der Waals surface area contributed by atoms with Gasteiger partial charge < -0.3 is 9.73 Å². The molecule has 1 N–H and O–H groups in total. The van der Waals surface area contributed by atoms with E-state index in [0.29, 0.717) is 17.3 Å². The number of hydrogen-bond donors (Lipinski definition) is 1. The summed E-state index contributed by atoms with van der Waals surface area (Å²) in [5.41, 5.74) is 1.73.